The van der Waals surface area contributed by atoms with E-state index < -0.39 is 20.6 Å². The Labute approximate surface area is 141 Å². The molecule has 1 aliphatic heterocycles. The molecule has 2 N–H and O–H groups in total. The monoisotopic (exact) mass is 365 g/mol. The van der Waals surface area contributed by atoms with Crippen molar-refractivity contribution >= 4 is 28.1 Å². The highest BCUT2D eigenvalue weighted by atomic mass is 35.5. The van der Waals surface area contributed by atoms with Crippen molar-refractivity contribution in [1.82, 2.24) is 4.31 Å². The van der Waals surface area contributed by atoms with E-state index in [-0.39, 0.29) is 29.0 Å². The zero-order valence-corrected chi connectivity index (χ0v) is 14.3. The second kappa shape index (κ2) is 7.91. The van der Waals surface area contributed by atoms with Crippen LogP contribution in [-0.2, 0) is 10.0 Å². The molecule has 1 heterocycles. The Kier molecular flexibility index (Phi) is 6.75. The molecular formula is C13H20ClN3O5S. The van der Waals surface area contributed by atoms with Gasteiger partial charge in [-0.1, -0.05) is 0 Å². The van der Waals surface area contributed by atoms with E-state index in [4.69, 9.17) is 10.5 Å². The molecule has 0 aliphatic carbocycles. The second-order valence-electron chi connectivity index (χ2n) is 5.20. The molecule has 1 aromatic rings. The third-order valence-corrected chi connectivity index (χ3v) is 5.71. The van der Waals surface area contributed by atoms with Gasteiger partial charge >= 0.3 is 0 Å². The highest BCUT2D eigenvalue weighted by Crippen LogP contribution is 2.32. The molecule has 1 aliphatic rings. The number of sulfonamides is 1. The number of piperidine rings is 1. The Morgan fingerprint density at radius 2 is 2.17 bits per heavy atom. The van der Waals surface area contributed by atoms with Crippen LogP contribution in [0.4, 0.5) is 5.69 Å². The number of nitro groups is 1. The van der Waals surface area contributed by atoms with Crippen molar-refractivity contribution in [2.75, 3.05) is 26.7 Å². The number of hydrogen-bond donors (Lipinski definition) is 1. The Morgan fingerprint density at radius 3 is 2.74 bits per heavy atom. The average molecular weight is 366 g/mol. The summed E-state index contributed by atoms with van der Waals surface area (Å²) in [5.74, 6) is 0.324. The number of halogens is 1. The quantitative estimate of drug-likeness (QED) is 0.622. The highest BCUT2D eigenvalue weighted by Gasteiger charge is 2.34. The number of methoxy groups -OCH3 is 1. The van der Waals surface area contributed by atoms with E-state index >= 15 is 0 Å². The molecule has 23 heavy (non-hydrogen) atoms. The number of ether oxygens (including phenoxy) is 1. The third-order valence-electron chi connectivity index (χ3n) is 3.80. The second-order valence-corrected chi connectivity index (χ2v) is 7.10. The zero-order chi connectivity index (χ0) is 16.3. The minimum Gasteiger partial charge on any atom is -0.497 e. The molecule has 1 aromatic carbocycles. The lowest BCUT2D eigenvalue weighted by Gasteiger charge is -2.31. The van der Waals surface area contributed by atoms with Crippen molar-refractivity contribution in [2.45, 2.75) is 17.7 Å². The van der Waals surface area contributed by atoms with E-state index in [1.54, 1.807) is 0 Å². The van der Waals surface area contributed by atoms with Gasteiger partial charge in [0.05, 0.1) is 18.1 Å². The fourth-order valence-corrected chi connectivity index (χ4v) is 4.25. The number of nitro benzene ring substituents is 1. The summed E-state index contributed by atoms with van der Waals surface area (Å²) >= 11 is 0. The minimum atomic E-state index is -3.93. The van der Waals surface area contributed by atoms with Gasteiger partial charge in [0.2, 0.25) is 10.0 Å². The van der Waals surface area contributed by atoms with Crippen LogP contribution in [0.25, 0.3) is 0 Å². The average Bonchev–Trinajstić information content (AvgIpc) is 2.54. The molecule has 0 radical (unpaired) electrons. The first-order valence-electron chi connectivity index (χ1n) is 6.92. The fraction of sp³-hybridized carbons (Fsp3) is 0.538. The summed E-state index contributed by atoms with van der Waals surface area (Å²) in [7, 11) is -2.56. The molecule has 1 fully saturated rings. The molecule has 10 heteroatoms. The van der Waals surface area contributed by atoms with E-state index in [0.717, 1.165) is 12.5 Å². The molecule has 0 spiro atoms. The molecule has 0 bridgehead atoms. The number of benzene rings is 1. The smallest absolute Gasteiger partial charge is 0.293 e. The van der Waals surface area contributed by atoms with Gasteiger partial charge in [-0.2, -0.15) is 4.31 Å². The van der Waals surface area contributed by atoms with Crippen molar-refractivity contribution in [3.05, 3.63) is 28.3 Å². The van der Waals surface area contributed by atoms with Crippen molar-refractivity contribution in [3.63, 3.8) is 0 Å². The first kappa shape index (κ1) is 19.6. The van der Waals surface area contributed by atoms with Gasteiger partial charge in [-0.3, -0.25) is 10.1 Å². The van der Waals surface area contributed by atoms with Gasteiger partial charge in [0, 0.05) is 13.1 Å². The molecule has 1 atom stereocenters. The standard InChI is InChI=1S/C13H19N3O5S.ClH/c1-21-11-4-5-13(12(7-11)16(17)18)22(19,20)15-6-2-3-10(8-14)9-15;/h4-5,7,10H,2-3,6,8-9,14H2,1H3;1H. The molecule has 1 unspecified atom stereocenters. The summed E-state index contributed by atoms with van der Waals surface area (Å²) in [5, 5.41) is 11.2. The Bertz CT molecular complexity index is 668. The van der Waals surface area contributed by atoms with Gasteiger partial charge in [-0.25, -0.2) is 8.42 Å². The summed E-state index contributed by atoms with van der Waals surface area (Å²) in [6, 6.07) is 3.75. The normalized spacial score (nSPS) is 19.0. The molecule has 8 nitrogen and oxygen atoms in total. The van der Waals surface area contributed by atoms with Crippen LogP contribution in [0, 0.1) is 16.0 Å². The Balaban J connectivity index is 0.00000264. The Hall–Kier alpha value is -1.42. The maximum atomic E-state index is 12.7. The van der Waals surface area contributed by atoms with Crippen LogP contribution in [-0.4, -0.2) is 44.4 Å². The lowest BCUT2D eigenvalue weighted by Crippen LogP contribution is -2.42. The van der Waals surface area contributed by atoms with Crippen LogP contribution in [0.1, 0.15) is 12.8 Å². The van der Waals surface area contributed by atoms with Gasteiger partial charge in [-0.05, 0) is 37.4 Å². The molecule has 0 aromatic heterocycles. The Morgan fingerprint density at radius 1 is 1.48 bits per heavy atom. The lowest BCUT2D eigenvalue weighted by atomic mass is 10.0. The van der Waals surface area contributed by atoms with Gasteiger partial charge in [0.25, 0.3) is 5.69 Å². The van der Waals surface area contributed by atoms with Crippen molar-refractivity contribution in [3.8, 4) is 5.75 Å². The van der Waals surface area contributed by atoms with Gasteiger partial charge in [-0.15, -0.1) is 12.4 Å². The fourth-order valence-electron chi connectivity index (χ4n) is 2.56. The molecule has 0 amide bonds. The van der Waals surface area contributed by atoms with Crippen LogP contribution >= 0.6 is 12.4 Å². The maximum Gasteiger partial charge on any atom is 0.293 e. The van der Waals surface area contributed by atoms with Crippen molar-refractivity contribution < 1.29 is 18.1 Å². The predicted octanol–water partition coefficient (Wildman–Crippen LogP) is 1.38. The zero-order valence-electron chi connectivity index (χ0n) is 12.7. The van der Waals surface area contributed by atoms with Gasteiger partial charge < -0.3 is 10.5 Å². The van der Waals surface area contributed by atoms with E-state index in [1.165, 1.54) is 23.5 Å². The number of nitrogens with zero attached hydrogens (tertiary/aromatic N) is 2. The first-order valence-corrected chi connectivity index (χ1v) is 8.36. The number of hydrogen-bond acceptors (Lipinski definition) is 6. The third kappa shape index (κ3) is 4.11. The molecule has 1 saturated heterocycles. The SMILES string of the molecule is COc1ccc(S(=O)(=O)N2CCCC(CN)C2)c([N+](=O)[O-])c1.Cl. The number of nitrogens with two attached hydrogens (primary N) is 1. The first-order chi connectivity index (χ1) is 10.4. The summed E-state index contributed by atoms with van der Waals surface area (Å²) < 4.78 is 31.6. The van der Waals surface area contributed by atoms with E-state index in [1.807, 2.05) is 0 Å². The van der Waals surface area contributed by atoms with Crippen LogP contribution in [0.5, 0.6) is 5.75 Å². The maximum absolute atomic E-state index is 12.7. The van der Waals surface area contributed by atoms with Gasteiger partial charge in [0.1, 0.15) is 5.75 Å². The van der Waals surface area contributed by atoms with Gasteiger partial charge in [0.15, 0.2) is 4.90 Å². The molecule has 2 rings (SSSR count). The molecule has 130 valence electrons. The van der Waals surface area contributed by atoms with Crippen molar-refractivity contribution in [2.24, 2.45) is 11.7 Å². The minimum absolute atomic E-state index is 0. The van der Waals surface area contributed by atoms with E-state index in [0.29, 0.717) is 26.1 Å². The largest absolute Gasteiger partial charge is 0.497 e. The summed E-state index contributed by atoms with van der Waals surface area (Å²) in [6.45, 7) is 1.04. The topological polar surface area (TPSA) is 116 Å². The highest BCUT2D eigenvalue weighted by molar-refractivity contribution is 7.89. The summed E-state index contributed by atoms with van der Waals surface area (Å²) in [5.41, 5.74) is 5.14. The predicted molar refractivity (Wildman–Crippen MR) is 87.4 cm³/mol. The van der Waals surface area contributed by atoms with Crippen molar-refractivity contribution in [1.29, 1.82) is 0 Å². The summed E-state index contributed by atoms with van der Waals surface area (Å²) in [4.78, 5) is 10.2. The van der Waals surface area contributed by atoms with E-state index in [2.05, 4.69) is 0 Å². The molecular weight excluding hydrogens is 346 g/mol. The van der Waals surface area contributed by atoms with Crippen LogP contribution < -0.4 is 10.5 Å². The van der Waals surface area contributed by atoms with Crippen LogP contribution in [0.2, 0.25) is 0 Å². The van der Waals surface area contributed by atoms with Crippen LogP contribution in [0.3, 0.4) is 0 Å². The lowest BCUT2D eigenvalue weighted by molar-refractivity contribution is -0.387. The summed E-state index contributed by atoms with van der Waals surface area (Å²) in [6.07, 6.45) is 1.57. The number of rotatable bonds is 5. The van der Waals surface area contributed by atoms with Crippen LogP contribution in [0.15, 0.2) is 23.1 Å². The van der Waals surface area contributed by atoms with E-state index in [9.17, 15) is 18.5 Å². The molecule has 0 saturated carbocycles.